The lowest BCUT2D eigenvalue weighted by Gasteiger charge is -2.20. The summed E-state index contributed by atoms with van der Waals surface area (Å²) in [4.78, 5) is 0. The Hall–Kier alpha value is 0.0700. The van der Waals surface area contributed by atoms with Crippen LogP contribution in [0.3, 0.4) is 0 Å². The van der Waals surface area contributed by atoms with Gasteiger partial charge in [0.15, 0.2) is 0 Å². The summed E-state index contributed by atoms with van der Waals surface area (Å²) in [5.41, 5.74) is 0. The summed E-state index contributed by atoms with van der Waals surface area (Å²) in [5.74, 6) is 0. The van der Waals surface area contributed by atoms with E-state index in [1.165, 1.54) is 0 Å². The van der Waals surface area contributed by atoms with Crippen molar-refractivity contribution in [1.29, 1.82) is 0 Å². The third-order valence-corrected chi connectivity index (χ3v) is 4.34. The second-order valence-electron chi connectivity index (χ2n) is 3.84. The summed E-state index contributed by atoms with van der Waals surface area (Å²) in [6, 6.07) is 0. The second-order valence-corrected chi connectivity index (χ2v) is 5.94. The van der Waals surface area contributed by atoms with Crippen molar-refractivity contribution >= 4 is 7.60 Å². The smallest absolute Gasteiger partial charge is 0.333 e. The molecule has 0 radical (unpaired) electrons. The van der Waals surface area contributed by atoms with Crippen LogP contribution < -0.4 is 5.32 Å². The first kappa shape index (κ1) is 17.1. The maximum atomic E-state index is 12.1. The molecule has 0 saturated heterocycles. The van der Waals surface area contributed by atoms with Crippen LogP contribution in [0.2, 0.25) is 0 Å². The van der Waals surface area contributed by atoms with Gasteiger partial charge in [-0.25, -0.2) is 0 Å². The van der Waals surface area contributed by atoms with Gasteiger partial charge in [-0.1, -0.05) is 13.3 Å². The van der Waals surface area contributed by atoms with Gasteiger partial charge in [0.1, 0.15) is 0 Å². The van der Waals surface area contributed by atoms with Crippen LogP contribution in [0.15, 0.2) is 0 Å². The number of hydrogen-bond donors (Lipinski definition) is 2. The fourth-order valence-electron chi connectivity index (χ4n) is 1.43. The highest BCUT2D eigenvalue weighted by Crippen LogP contribution is 2.48. The van der Waals surface area contributed by atoms with Gasteiger partial charge in [-0.15, -0.1) is 0 Å². The number of rotatable bonds is 11. The molecule has 5 nitrogen and oxygen atoms in total. The van der Waals surface area contributed by atoms with Crippen molar-refractivity contribution in [3.05, 3.63) is 0 Å². The Kier molecular flexibility index (Phi) is 10.1. The molecule has 2 N–H and O–H groups in total. The van der Waals surface area contributed by atoms with E-state index in [0.717, 1.165) is 19.4 Å². The van der Waals surface area contributed by atoms with Gasteiger partial charge in [0.2, 0.25) is 0 Å². The Morgan fingerprint density at radius 2 is 1.82 bits per heavy atom. The Morgan fingerprint density at radius 3 is 2.29 bits per heavy atom. The molecule has 0 aliphatic rings. The molecule has 0 spiro atoms. The molecule has 0 aromatic carbocycles. The Labute approximate surface area is 104 Å². The molecule has 1 atom stereocenters. The molecule has 1 unspecified atom stereocenters. The lowest BCUT2D eigenvalue weighted by Crippen LogP contribution is -2.30. The van der Waals surface area contributed by atoms with Crippen molar-refractivity contribution in [2.45, 2.75) is 39.7 Å². The molecule has 0 aliphatic heterocycles. The minimum Gasteiger partial charge on any atom is -0.391 e. The Balaban J connectivity index is 3.95. The molecule has 17 heavy (non-hydrogen) atoms. The number of unbranched alkanes of at least 4 members (excludes halogenated alkanes) is 1. The molecule has 0 bridgehead atoms. The predicted molar refractivity (Wildman–Crippen MR) is 69.5 cm³/mol. The van der Waals surface area contributed by atoms with E-state index in [4.69, 9.17) is 9.05 Å². The third kappa shape index (κ3) is 8.75. The van der Waals surface area contributed by atoms with Crippen LogP contribution in [0.25, 0.3) is 0 Å². The van der Waals surface area contributed by atoms with E-state index in [-0.39, 0.29) is 6.16 Å². The number of hydrogen-bond acceptors (Lipinski definition) is 5. The van der Waals surface area contributed by atoms with Gasteiger partial charge in [0.05, 0.1) is 25.5 Å². The predicted octanol–water partition coefficient (Wildman–Crippen LogP) is 2.00. The van der Waals surface area contributed by atoms with Crippen LogP contribution in [0, 0.1) is 0 Å². The summed E-state index contributed by atoms with van der Waals surface area (Å²) < 4.78 is 22.3. The molecule has 0 fully saturated rings. The maximum absolute atomic E-state index is 12.1. The van der Waals surface area contributed by atoms with Crippen LogP contribution in [-0.4, -0.2) is 43.7 Å². The summed E-state index contributed by atoms with van der Waals surface area (Å²) in [6.45, 7) is 7.57. The van der Waals surface area contributed by atoms with Crippen molar-refractivity contribution in [2.75, 3.05) is 32.5 Å². The molecule has 0 amide bonds. The van der Waals surface area contributed by atoms with E-state index >= 15 is 0 Å². The molecule has 0 aliphatic carbocycles. The van der Waals surface area contributed by atoms with Gasteiger partial charge in [-0.05, 0) is 26.8 Å². The van der Waals surface area contributed by atoms with Gasteiger partial charge in [0.25, 0.3) is 0 Å². The van der Waals surface area contributed by atoms with Gasteiger partial charge in [0, 0.05) is 6.54 Å². The van der Waals surface area contributed by atoms with Gasteiger partial charge >= 0.3 is 7.60 Å². The van der Waals surface area contributed by atoms with Gasteiger partial charge in [-0.2, -0.15) is 0 Å². The van der Waals surface area contributed by atoms with E-state index < -0.39 is 13.7 Å². The SMILES string of the molecule is CCCCNCC(O)CP(=O)(OCC)OCC. The number of aliphatic hydroxyl groups excluding tert-OH is 1. The lowest BCUT2D eigenvalue weighted by molar-refractivity contribution is 0.166. The highest BCUT2D eigenvalue weighted by atomic mass is 31.2. The molecule has 0 aromatic heterocycles. The largest absolute Gasteiger partial charge is 0.391 e. The summed E-state index contributed by atoms with van der Waals surface area (Å²) in [7, 11) is -3.12. The quantitative estimate of drug-likeness (QED) is 0.443. The first-order valence-electron chi connectivity index (χ1n) is 6.34. The highest BCUT2D eigenvalue weighted by molar-refractivity contribution is 7.53. The lowest BCUT2D eigenvalue weighted by atomic mass is 10.3. The van der Waals surface area contributed by atoms with Gasteiger partial charge in [-0.3, -0.25) is 4.57 Å². The van der Waals surface area contributed by atoms with E-state index in [1.807, 2.05) is 0 Å². The van der Waals surface area contributed by atoms with Crippen LogP contribution in [0.5, 0.6) is 0 Å². The zero-order valence-corrected chi connectivity index (χ0v) is 12.0. The first-order chi connectivity index (χ1) is 8.08. The van der Waals surface area contributed by atoms with E-state index in [2.05, 4.69) is 12.2 Å². The van der Waals surface area contributed by atoms with Crippen LogP contribution in [-0.2, 0) is 13.6 Å². The van der Waals surface area contributed by atoms with Crippen molar-refractivity contribution in [3.8, 4) is 0 Å². The normalized spacial score (nSPS) is 13.9. The maximum Gasteiger partial charge on any atom is 0.333 e. The minimum atomic E-state index is -3.12. The van der Waals surface area contributed by atoms with Gasteiger partial charge < -0.3 is 19.5 Å². The molecule has 6 heteroatoms. The fourth-order valence-corrected chi connectivity index (χ4v) is 3.15. The average molecular weight is 267 g/mol. The topological polar surface area (TPSA) is 67.8 Å². The van der Waals surface area contributed by atoms with Crippen LogP contribution >= 0.6 is 7.60 Å². The Bertz CT molecular complexity index is 216. The minimum absolute atomic E-state index is 0.0494. The van der Waals surface area contributed by atoms with Crippen LogP contribution in [0.1, 0.15) is 33.6 Å². The Morgan fingerprint density at radius 1 is 1.24 bits per heavy atom. The van der Waals surface area contributed by atoms with Crippen molar-refractivity contribution in [2.24, 2.45) is 0 Å². The number of nitrogens with one attached hydrogen (secondary N) is 1. The van der Waals surface area contributed by atoms with E-state index in [9.17, 15) is 9.67 Å². The molecule has 0 saturated carbocycles. The zero-order chi connectivity index (χ0) is 13.1. The molecular formula is C11H26NO4P. The fraction of sp³-hybridized carbons (Fsp3) is 1.00. The summed E-state index contributed by atoms with van der Waals surface area (Å²) in [6.07, 6.45) is 1.53. The molecule has 0 aromatic rings. The highest BCUT2D eigenvalue weighted by Gasteiger charge is 2.27. The van der Waals surface area contributed by atoms with Crippen LogP contribution in [0.4, 0.5) is 0 Å². The average Bonchev–Trinajstić information content (AvgIpc) is 2.24. The third-order valence-electron chi connectivity index (χ3n) is 2.17. The van der Waals surface area contributed by atoms with Crippen molar-refractivity contribution in [3.63, 3.8) is 0 Å². The monoisotopic (exact) mass is 267 g/mol. The first-order valence-corrected chi connectivity index (χ1v) is 8.07. The summed E-state index contributed by atoms with van der Waals surface area (Å²) in [5, 5.41) is 12.9. The number of aliphatic hydroxyl groups is 1. The second kappa shape index (κ2) is 10.0. The zero-order valence-electron chi connectivity index (χ0n) is 11.1. The van der Waals surface area contributed by atoms with Crippen molar-refractivity contribution in [1.82, 2.24) is 5.32 Å². The van der Waals surface area contributed by atoms with E-state index in [0.29, 0.717) is 19.8 Å². The molecule has 104 valence electrons. The molecule has 0 heterocycles. The van der Waals surface area contributed by atoms with Crippen molar-refractivity contribution < 1.29 is 18.7 Å². The standard InChI is InChI=1S/C11H26NO4P/c1-4-7-8-12-9-11(13)10-17(14,15-5-2)16-6-3/h11-13H,4-10H2,1-3H3. The molecule has 0 rings (SSSR count). The molecular weight excluding hydrogens is 241 g/mol. The summed E-state index contributed by atoms with van der Waals surface area (Å²) >= 11 is 0. The van der Waals surface area contributed by atoms with E-state index in [1.54, 1.807) is 13.8 Å².